The van der Waals surface area contributed by atoms with E-state index in [4.69, 9.17) is 5.73 Å². The third kappa shape index (κ3) is 1.50. The second-order valence-electron chi connectivity index (χ2n) is 4.02. The van der Waals surface area contributed by atoms with E-state index in [1.807, 2.05) is 6.07 Å². The molecule has 0 unspecified atom stereocenters. The van der Waals surface area contributed by atoms with E-state index in [1.165, 1.54) is 12.8 Å². The van der Waals surface area contributed by atoms with Gasteiger partial charge in [-0.2, -0.15) is 0 Å². The molecule has 70 valence electrons. The summed E-state index contributed by atoms with van der Waals surface area (Å²) in [5.41, 5.74) is 6.98. The minimum Gasteiger partial charge on any atom is -0.384 e. The number of anilines is 1. The summed E-state index contributed by atoms with van der Waals surface area (Å²) in [4.78, 5) is 8.78. The maximum Gasteiger partial charge on any atom is 0.136 e. The molecular weight excluding hydrogens is 162 g/mol. The molecule has 3 nitrogen and oxygen atoms in total. The molecule has 1 aliphatic carbocycles. The standard InChI is InChI=1S/C10H15N3/c1-3-7-6-8(11)13-9(12-7)10(2)4-5-10/h6H,3-5H2,1-2H3,(H2,11,12,13). The summed E-state index contributed by atoms with van der Waals surface area (Å²) in [5.74, 6) is 1.54. The normalized spacial score (nSPS) is 18.6. The Morgan fingerprint density at radius 2 is 2.15 bits per heavy atom. The van der Waals surface area contributed by atoms with Crippen LogP contribution in [0.15, 0.2) is 6.07 Å². The molecule has 0 aromatic carbocycles. The van der Waals surface area contributed by atoms with Crippen LogP contribution in [0.5, 0.6) is 0 Å². The number of hydrogen-bond donors (Lipinski definition) is 1. The molecular formula is C10H15N3. The molecule has 0 radical (unpaired) electrons. The van der Waals surface area contributed by atoms with Gasteiger partial charge in [0.2, 0.25) is 0 Å². The fraction of sp³-hybridized carbons (Fsp3) is 0.600. The largest absolute Gasteiger partial charge is 0.384 e. The minimum absolute atomic E-state index is 0.222. The van der Waals surface area contributed by atoms with Gasteiger partial charge in [0.25, 0.3) is 0 Å². The van der Waals surface area contributed by atoms with Crippen LogP contribution >= 0.6 is 0 Å². The number of aryl methyl sites for hydroxylation is 1. The van der Waals surface area contributed by atoms with Crippen LogP contribution < -0.4 is 5.73 Å². The zero-order valence-corrected chi connectivity index (χ0v) is 8.17. The molecule has 0 aliphatic heterocycles. The van der Waals surface area contributed by atoms with Gasteiger partial charge in [0.15, 0.2) is 0 Å². The van der Waals surface area contributed by atoms with E-state index < -0.39 is 0 Å². The van der Waals surface area contributed by atoms with Crippen LogP contribution in [-0.2, 0) is 11.8 Å². The third-order valence-corrected chi connectivity index (χ3v) is 2.70. The summed E-state index contributed by atoms with van der Waals surface area (Å²) in [5, 5.41) is 0. The Balaban J connectivity index is 2.40. The van der Waals surface area contributed by atoms with Gasteiger partial charge >= 0.3 is 0 Å². The summed E-state index contributed by atoms with van der Waals surface area (Å²) < 4.78 is 0. The van der Waals surface area contributed by atoms with Gasteiger partial charge in [-0.1, -0.05) is 13.8 Å². The highest BCUT2D eigenvalue weighted by atomic mass is 15.0. The molecule has 1 aromatic heterocycles. The molecule has 0 spiro atoms. The Bertz CT molecular complexity index is 329. The van der Waals surface area contributed by atoms with E-state index in [2.05, 4.69) is 23.8 Å². The van der Waals surface area contributed by atoms with Crippen molar-refractivity contribution >= 4 is 5.82 Å². The molecule has 1 heterocycles. The van der Waals surface area contributed by atoms with Gasteiger partial charge in [-0.3, -0.25) is 0 Å². The highest BCUT2D eigenvalue weighted by Gasteiger charge is 2.42. The SMILES string of the molecule is CCc1cc(N)nc(C2(C)CC2)n1. The van der Waals surface area contributed by atoms with Gasteiger partial charge in [0.1, 0.15) is 11.6 Å². The van der Waals surface area contributed by atoms with Crippen molar-refractivity contribution < 1.29 is 0 Å². The monoisotopic (exact) mass is 177 g/mol. The maximum absolute atomic E-state index is 5.71. The molecule has 1 fully saturated rings. The number of nitrogens with two attached hydrogens (primary N) is 1. The Labute approximate surface area is 78.4 Å². The summed E-state index contributed by atoms with van der Waals surface area (Å²) in [6.07, 6.45) is 3.31. The van der Waals surface area contributed by atoms with Crippen molar-refractivity contribution in [1.82, 2.24) is 9.97 Å². The molecule has 1 saturated carbocycles. The van der Waals surface area contributed by atoms with Crippen molar-refractivity contribution in [2.24, 2.45) is 0 Å². The van der Waals surface area contributed by atoms with Crippen LogP contribution in [0.3, 0.4) is 0 Å². The van der Waals surface area contributed by atoms with Crippen molar-refractivity contribution in [1.29, 1.82) is 0 Å². The highest BCUT2D eigenvalue weighted by molar-refractivity contribution is 5.32. The first kappa shape index (κ1) is 8.48. The van der Waals surface area contributed by atoms with Gasteiger partial charge in [0, 0.05) is 17.2 Å². The van der Waals surface area contributed by atoms with E-state index in [-0.39, 0.29) is 5.41 Å². The van der Waals surface area contributed by atoms with Gasteiger partial charge < -0.3 is 5.73 Å². The Kier molecular flexibility index (Phi) is 1.75. The van der Waals surface area contributed by atoms with Crippen molar-refractivity contribution in [2.75, 3.05) is 5.73 Å². The fourth-order valence-corrected chi connectivity index (χ4v) is 1.38. The lowest BCUT2D eigenvalue weighted by atomic mass is 10.1. The molecule has 1 aromatic rings. The lowest BCUT2D eigenvalue weighted by molar-refractivity contribution is 0.700. The number of nitrogen functional groups attached to an aromatic ring is 1. The van der Waals surface area contributed by atoms with Crippen LogP contribution in [-0.4, -0.2) is 9.97 Å². The smallest absolute Gasteiger partial charge is 0.136 e. The third-order valence-electron chi connectivity index (χ3n) is 2.70. The van der Waals surface area contributed by atoms with Crippen LogP contribution in [0.1, 0.15) is 38.2 Å². The molecule has 0 amide bonds. The van der Waals surface area contributed by atoms with E-state index in [9.17, 15) is 0 Å². The Hall–Kier alpha value is -1.12. The number of rotatable bonds is 2. The Morgan fingerprint density at radius 1 is 1.46 bits per heavy atom. The maximum atomic E-state index is 5.71. The molecule has 2 N–H and O–H groups in total. The van der Waals surface area contributed by atoms with Crippen molar-refractivity contribution in [3.05, 3.63) is 17.6 Å². The predicted molar refractivity (Wildman–Crippen MR) is 52.4 cm³/mol. The van der Waals surface area contributed by atoms with Crippen molar-refractivity contribution in [3.8, 4) is 0 Å². The summed E-state index contributed by atoms with van der Waals surface area (Å²) in [6, 6.07) is 1.86. The molecule has 13 heavy (non-hydrogen) atoms. The molecule has 0 bridgehead atoms. The lowest BCUT2D eigenvalue weighted by Crippen LogP contribution is -2.10. The van der Waals surface area contributed by atoms with Gasteiger partial charge in [-0.05, 0) is 19.3 Å². The topological polar surface area (TPSA) is 51.8 Å². The average molecular weight is 177 g/mol. The predicted octanol–water partition coefficient (Wildman–Crippen LogP) is 1.67. The second kappa shape index (κ2) is 2.69. The molecule has 0 atom stereocenters. The van der Waals surface area contributed by atoms with Gasteiger partial charge in [-0.25, -0.2) is 9.97 Å². The molecule has 0 saturated heterocycles. The first-order valence-corrected chi connectivity index (χ1v) is 4.78. The van der Waals surface area contributed by atoms with Crippen LogP contribution in [0.25, 0.3) is 0 Å². The summed E-state index contributed by atoms with van der Waals surface area (Å²) >= 11 is 0. The van der Waals surface area contributed by atoms with E-state index in [0.29, 0.717) is 5.82 Å². The second-order valence-corrected chi connectivity index (χ2v) is 4.02. The first-order valence-electron chi connectivity index (χ1n) is 4.78. The lowest BCUT2D eigenvalue weighted by Gasteiger charge is -2.08. The van der Waals surface area contributed by atoms with E-state index >= 15 is 0 Å². The summed E-state index contributed by atoms with van der Waals surface area (Å²) in [7, 11) is 0. The van der Waals surface area contributed by atoms with Crippen LogP contribution in [0, 0.1) is 0 Å². The zero-order valence-electron chi connectivity index (χ0n) is 8.17. The van der Waals surface area contributed by atoms with Crippen molar-refractivity contribution in [3.63, 3.8) is 0 Å². The number of nitrogens with zero attached hydrogens (tertiary/aromatic N) is 2. The molecule has 2 rings (SSSR count). The minimum atomic E-state index is 0.222. The van der Waals surface area contributed by atoms with Gasteiger partial charge in [-0.15, -0.1) is 0 Å². The number of hydrogen-bond acceptors (Lipinski definition) is 3. The van der Waals surface area contributed by atoms with E-state index in [0.717, 1.165) is 17.9 Å². The number of aromatic nitrogens is 2. The Morgan fingerprint density at radius 3 is 2.69 bits per heavy atom. The highest BCUT2D eigenvalue weighted by Crippen LogP contribution is 2.45. The average Bonchev–Trinajstić information content (AvgIpc) is 2.84. The zero-order chi connectivity index (χ0) is 9.47. The van der Waals surface area contributed by atoms with Gasteiger partial charge in [0.05, 0.1) is 0 Å². The van der Waals surface area contributed by atoms with Crippen LogP contribution in [0.4, 0.5) is 5.82 Å². The first-order chi connectivity index (χ1) is 6.14. The van der Waals surface area contributed by atoms with E-state index in [1.54, 1.807) is 0 Å². The van der Waals surface area contributed by atoms with Crippen molar-refractivity contribution in [2.45, 2.75) is 38.5 Å². The summed E-state index contributed by atoms with van der Waals surface area (Å²) in [6.45, 7) is 4.28. The quantitative estimate of drug-likeness (QED) is 0.747. The fourth-order valence-electron chi connectivity index (χ4n) is 1.38. The molecule has 1 aliphatic rings. The molecule has 3 heteroatoms. The van der Waals surface area contributed by atoms with Crippen LogP contribution in [0.2, 0.25) is 0 Å².